The molecular weight excluding hydrogens is 368 g/mol. The molecule has 142 valence electrons. The van der Waals surface area contributed by atoms with E-state index in [0.29, 0.717) is 23.3 Å². The maximum atomic E-state index is 12.2. The fourth-order valence-corrected chi connectivity index (χ4v) is 3.70. The molecule has 0 spiro atoms. The van der Waals surface area contributed by atoms with Crippen molar-refractivity contribution in [1.82, 2.24) is 19.9 Å². The number of hydrogen-bond acceptors (Lipinski definition) is 8. The van der Waals surface area contributed by atoms with Crippen LogP contribution in [0.4, 0.5) is 11.8 Å². The van der Waals surface area contributed by atoms with Crippen molar-refractivity contribution < 1.29 is 13.7 Å². The summed E-state index contributed by atoms with van der Waals surface area (Å²) in [5.74, 6) is 2.71. The summed E-state index contributed by atoms with van der Waals surface area (Å²) in [6.07, 6.45) is 3.95. The number of thioether (sulfide) groups is 1. The minimum atomic E-state index is -0.177. The molecule has 27 heavy (non-hydrogen) atoms. The van der Waals surface area contributed by atoms with Crippen molar-refractivity contribution in [3.63, 3.8) is 0 Å². The molecule has 1 fully saturated rings. The number of carbonyl (C=O) groups excluding carboxylic acids is 1. The fraction of sp³-hybridized carbons (Fsp3) is 0.412. The van der Waals surface area contributed by atoms with E-state index >= 15 is 0 Å². The molecule has 1 saturated heterocycles. The number of rotatable bonds is 7. The van der Waals surface area contributed by atoms with E-state index in [9.17, 15) is 4.79 Å². The third-order valence-electron chi connectivity index (χ3n) is 4.21. The van der Waals surface area contributed by atoms with Crippen molar-refractivity contribution in [2.45, 2.75) is 31.5 Å². The lowest BCUT2D eigenvalue weighted by Crippen LogP contribution is -2.22. The van der Waals surface area contributed by atoms with Crippen molar-refractivity contribution in [2.24, 2.45) is 0 Å². The molecule has 1 aliphatic rings. The van der Waals surface area contributed by atoms with Gasteiger partial charge in [-0.05, 0) is 31.9 Å². The van der Waals surface area contributed by atoms with Crippen LogP contribution in [-0.4, -0.2) is 44.7 Å². The van der Waals surface area contributed by atoms with Gasteiger partial charge in [-0.3, -0.25) is 9.36 Å². The monoisotopic (exact) mass is 388 g/mol. The minimum Gasteiger partial charge on any atom is -0.467 e. The molecular formula is C17H20N6O3S. The standard InChI is InChI=1S/C17H20N6O3S/c1-12-9-14(21-26-12)18-15(24)11-27-17-20-19-16(22-6-2-3-7-22)23(17)10-13-5-4-8-25-13/h4-5,8-9H,2-3,6-7,10-11H2,1H3,(H,18,21,24). The molecule has 1 amide bonds. The second kappa shape index (κ2) is 7.87. The summed E-state index contributed by atoms with van der Waals surface area (Å²) in [4.78, 5) is 14.4. The molecule has 1 N–H and O–H groups in total. The van der Waals surface area contributed by atoms with Crippen LogP contribution in [0.5, 0.6) is 0 Å². The van der Waals surface area contributed by atoms with E-state index in [1.807, 2.05) is 16.7 Å². The lowest BCUT2D eigenvalue weighted by molar-refractivity contribution is -0.113. The Hall–Kier alpha value is -2.75. The van der Waals surface area contributed by atoms with E-state index in [2.05, 4.69) is 25.6 Å². The normalized spacial score (nSPS) is 14.0. The lowest BCUT2D eigenvalue weighted by Gasteiger charge is -2.17. The number of amides is 1. The predicted molar refractivity (Wildman–Crippen MR) is 99.9 cm³/mol. The molecule has 3 aromatic heterocycles. The van der Waals surface area contributed by atoms with Gasteiger partial charge in [-0.1, -0.05) is 16.9 Å². The number of nitrogens with one attached hydrogen (secondary N) is 1. The molecule has 1 aliphatic heterocycles. The van der Waals surface area contributed by atoms with Crippen molar-refractivity contribution in [1.29, 1.82) is 0 Å². The zero-order valence-corrected chi connectivity index (χ0v) is 15.7. The molecule has 4 heterocycles. The fourth-order valence-electron chi connectivity index (χ4n) is 2.97. The second-order valence-electron chi connectivity index (χ2n) is 6.30. The molecule has 0 unspecified atom stereocenters. The first-order valence-corrected chi connectivity index (χ1v) is 9.74. The number of aromatic nitrogens is 4. The third-order valence-corrected chi connectivity index (χ3v) is 5.17. The van der Waals surface area contributed by atoms with E-state index in [0.717, 1.165) is 37.6 Å². The van der Waals surface area contributed by atoms with E-state index in [4.69, 9.17) is 8.94 Å². The van der Waals surface area contributed by atoms with Crippen LogP contribution in [0, 0.1) is 6.92 Å². The maximum Gasteiger partial charge on any atom is 0.236 e. The first-order valence-electron chi connectivity index (χ1n) is 8.75. The van der Waals surface area contributed by atoms with E-state index in [1.54, 1.807) is 19.3 Å². The number of nitrogens with zero attached hydrogens (tertiary/aromatic N) is 5. The van der Waals surface area contributed by atoms with Crippen LogP contribution < -0.4 is 10.2 Å². The Morgan fingerprint density at radius 2 is 2.19 bits per heavy atom. The van der Waals surface area contributed by atoms with Crippen LogP contribution in [0.2, 0.25) is 0 Å². The smallest absolute Gasteiger partial charge is 0.236 e. The molecule has 0 aliphatic carbocycles. The van der Waals surface area contributed by atoms with Crippen molar-refractivity contribution >= 4 is 29.4 Å². The SMILES string of the molecule is Cc1cc(NC(=O)CSc2nnc(N3CCCC3)n2Cc2ccco2)no1. The number of aryl methyl sites for hydroxylation is 1. The van der Waals surface area contributed by atoms with E-state index in [1.165, 1.54) is 11.8 Å². The highest BCUT2D eigenvalue weighted by Crippen LogP contribution is 2.26. The zero-order chi connectivity index (χ0) is 18.6. The Kier molecular flexibility index (Phi) is 5.14. The van der Waals surface area contributed by atoms with Gasteiger partial charge in [0, 0.05) is 19.2 Å². The molecule has 3 aromatic rings. The first kappa shape index (κ1) is 17.7. The van der Waals surface area contributed by atoms with Gasteiger partial charge in [0.1, 0.15) is 11.5 Å². The predicted octanol–water partition coefficient (Wildman–Crippen LogP) is 2.55. The molecule has 4 rings (SSSR count). The summed E-state index contributed by atoms with van der Waals surface area (Å²) in [6, 6.07) is 5.45. The van der Waals surface area contributed by atoms with E-state index < -0.39 is 0 Å². The van der Waals surface area contributed by atoms with E-state index in [-0.39, 0.29) is 11.7 Å². The minimum absolute atomic E-state index is 0.177. The van der Waals surface area contributed by atoms with Crippen LogP contribution >= 0.6 is 11.8 Å². The van der Waals surface area contributed by atoms with Gasteiger partial charge in [-0.2, -0.15) is 0 Å². The van der Waals surface area contributed by atoms with Crippen molar-refractivity contribution in [3.05, 3.63) is 36.0 Å². The molecule has 9 nitrogen and oxygen atoms in total. The molecule has 0 aromatic carbocycles. The largest absolute Gasteiger partial charge is 0.467 e. The highest BCUT2D eigenvalue weighted by molar-refractivity contribution is 7.99. The average Bonchev–Trinajstić information content (AvgIpc) is 3.42. The summed E-state index contributed by atoms with van der Waals surface area (Å²) in [5.41, 5.74) is 0. The topological polar surface area (TPSA) is 102 Å². The highest BCUT2D eigenvalue weighted by Gasteiger charge is 2.22. The number of furan rings is 1. The zero-order valence-electron chi connectivity index (χ0n) is 14.9. The Balaban J connectivity index is 1.46. The van der Waals surface area contributed by atoms with Crippen LogP contribution in [0.25, 0.3) is 0 Å². The van der Waals surface area contributed by atoms with Crippen molar-refractivity contribution in [2.75, 3.05) is 29.1 Å². The van der Waals surface area contributed by atoms with Crippen LogP contribution in [0.1, 0.15) is 24.4 Å². The first-order chi connectivity index (χ1) is 13.2. The number of anilines is 2. The number of hydrogen-bond donors (Lipinski definition) is 1. The summed E-state index contributed by atoms with van der Waals surface area (Å²) in [7, 11) is 0. The third kappa shape index (κ3) is 4.16. The molecule has 0 radical (unpaired) electrons. The summed E-state index contributed by atoms with van der Waals surface area (Å²) in [6.45, 7) is 4.23. The second-order valence-corrected chi connectivity index (χ2v) is 7.24. The number of carbonyl (C=O) groups is 1. The quantitative estimate of drug-likeness (QED) is 0.616. The van der Waals surface area contributed by atoms with Crippen LogP contribution in [0.3, 0.4) is 0 Å². The lowest BCUT2D eigenvalue weighted by atomic mass is 10.4. The van der Waals surface area contributed by atoms with Gasteiger partial charge in [-0.15, -0.1) is 10.2 Å². The van der Waals surface area contributed by atoms with Crippen LogP contribution in [0.15, 0.2) is 38.6 Å². The highest BCUT2D eigenvalue weighted by atomic mass is 32.2. The van der Waals surface area contributed by atoms with Gasteiger partial charge in [0.05, 0.1) is 18.6 Å². The van der Waals surface area contributed by atoms with Gasteiger partial charge in [0.15, 0.2) is 11.0 Å². The van der Waals surface area contributed by atoms with Gasteiger partial charge in [0.25, 0.3) is 0 Å². The Bertz CT molecular complexity index is 898. The van der Waals surface area contributed by atoms with Crippen LogP contribution in [-0.2, 0) is 11.3 Å². The summed E-state index contributed by atoms with van der Waals surface area (Å²) < 4.78 is 12.4. The molecule has 0 saturated carbocycles. The van der Waals surface area contributed by atoms with Gasteiger partial charge < -0.3 is 19.2 Å². The molecule has 10 heteroatoms. The van der Waals surface area contributed by atoms with Gasteiger partial charge in [0.2, 0.25) is 11.9 Å². The summed E-state index contributed by atoms with van der Waals surface area (Å²) in [5, 5.41) is 15.8. The van der Waals surface area contributed by atoms with Gasteiger partial charge in [-0.25, -0.2) is 0 Å². The molecule has 0 atom stereocenters. The van der Waals surface area contributed by atoms with Crippen molar-refractivity contribution in [3.8, 4) is 0 Å². The maximum absolute atomic E-state index is 12.2. The average molecular weight is 388 g/mol. The Morgan fingerprint density at radius 1 is 1.33 bits per heavy atom. The Labute approximate surface area is 160 Å². The Morgan fingerprint density at radius 3 is 2.89 bits per heavy atom. The summed E-state index contributed by atoms with van der Waals surface area (Å²) >= 11 is 1.33. The van der Waals surface area contributed by atoms with Gasteiger partial charge >= 0.3 is 0 Å². The molecule has 0 bridgehead atoms.